The number of aliphatic hydroxyl groups is 2. The molecular weight excluding hydrogens is 368 g/mol. The summed E-state index contributed by atoms with van der Waals surface area (Å²) in [7, 11) is 0. The van der Waals surface area contributed by atoms with Crippen LogP contribution in [0.1, 0.15) is 6.92 Å². The van der Waals surface area contributed by atoms with Gasteiger partial charge < -0.3 is 30.3 Å². The van der Waals surface area contributed by atoms with Crippen LogP contribution in [0.4, 0.5) is 0 Å². The van der Waals surface area contributed by atoms with Crippen LogP contribution in [0.15, 0.2) is 48.5 Å². The molecule has 3 rings (SSSR count). The van der Waals surface area contributed by atoms with Crippen molar-refractivity contribution in [3.8, 4) is 11.5 Å². The largest absolute Gasteiger partial charge is 0.491 e. The Labute approximate surface area is 171 Å². The van der Waals surface area contributed by atoms with Crippen LogP contribution in [0, 0.1) is 0 Å². The van der Waals surface area contributed by atoms with Crippen LogP contribution < -0.4 is 20.1 Å². The highest BCUT2D eigenvalue weighted by molar-refractivity contribution is 6.11. The highest BCUT2D eigenvalue weighted by atomic mass is 16.5. The van der Waals surface area contributed by atoms with Gasteiger partial charge in [0.2, 0.25) is 0 Å². The molecule has 0 saturated carbocycles. The molecule has 0 bridgehead atoms. The number of benzene rings is 3. The summed E-state index contributed by atoms with van der Waals surface area (Å²) in [5, 5.41) is 28.2. The predicted molar refractivity (Wildman–Crippen MR) is 117 cm³/mol. The van der Waals surface area contributed by atoms with Crippen LogP contribution in [0.3, 0.4) is 0 Å². The highest BCUT2D eigenvalue weighted by Crippen LogP contribution is 2.42. The molecular formula is C23H30N2O4. The Morgan fingerprint density at radius 3 is 1.83 bits per heavy atom. The zero-order valence-corrected chi connectivity index (χ0v) is 16.9. The van der Waals surface area contributed by atoms with Crippen molar-refractivity contribution in [2.75, 3.05) is 46.0 Å². The summed E-state index contributed by atoms with van der Waals surface area (Å²) in [5.41, 5.74) is 0. The van der Waals surface area contributed by atoms with Crippen LogP contribution in [0.5, 0.6) is 11.5 Å². The second-order valence-electron chi connectivity index (χ2n) is 6.93. The van der Waals surface area contributed by atoms with E-state index in [0.29, 0.717) is 32.8 Å². The molecule has 1 atom stereocenters. The van der Waals surface area contributed by atoms with Crippen molar-refractivity contribution in [3.63, 3.8) is 0 Å². The van der Waals surface area contributed by atoms with Gasteiger partial charge in [-0.1, -0.05) is 48.5 Å². The van der Waals surface area contributed by atoms with Crippen LogP contribution in [0.25, 0.3) is 21.5 Å². The summed E-state index contributed by atoms with van der Waals surface area (Å²) in [6, 6.07) is 16.2. The normalized spacial score (nSPS) is 12.4. The molecule has 4 N–H and O–H groups in total. The van der Waals surface area contributed by atoms with E-state index >= 15 is 0 Å². The molecule has 0 aliphatic heterocycles. The molecule has 0 aliphatic rings. The lowest BCUT2D eigenvalue weighted by atomic mass is 10.0. The van der Waals surface area contributed by atoms with Crippen molar-refractivity contribution >= 4 is 21.5 Å². The van der Waals surface area contributed by atoms with E-state index in [-0.39, 0.29) is 19.3 Å². The van der Waals surface area contributed by atoms with Crippen molar-refractivity contribution in [2.24, 2.45) is 0 Å². The summed E-state index contributed by atoms with van der Waals surface area (Å²) in [6.45, 7) is 5.17. The van der Waals surface area contributed by atoms with E-state index in [1.54, 1.807) is 0 Å². The standard InChI is InChI=1S/C23H30N2O4/c1-17(16-25-11-14-27)29-23-20-8-4-2-6-18(20)22(28-15-12-24-10-13-26)19-7-3-5-9-21(19)23/h2-9,17,24-27H,10-16H2,1H3. The molecule has 0 saturated heterocycles. The van der Waals surface area contributed by atoms with E-state index in [2.05, 4.69) is 34.9 Å². The lowest BCUT2D eigenvalue weighted by molar-refractivity contribution is 0.215. The summed E-state index contributed by atoms with van der Waals surface area (Å²) >= 11 is 0. The molecule has 3 aromatic carbocycles. The van der Waals surface area contributed by atoms with E-state index in [1.807, 2.05) is 31.2 Å². The predicted octanol–water partition coefficient (Wildman–Crippen LogP) is 2.30. The average molecular weight is 399 g/mol. The monoisotopic (exact) mass is 398 g/mol. The fourth-order valence-electron chi connectivity index (χ4n) is 3.39. The van der Waals surface area contributed by atoms with E-state index in [4.69, 9.17) is 19.7 Å². The van der Waals surface area contributed by atoms with E-state index in [0.717, 1.165) is 33.0 Å². The minimum atomic E-state index is -0.0530. The van der Waals surface area contributed by atoms with E-state index < -0.39 is 0 Å². The number of aliphatic hydroxyl groups excluding tert-OH is 2. The van der Waals surface area contributed by atoms with Gasteiger partial charge in [0.05, 0.1) is 13.2 Å². The van der Waals surface area contributed by atoms with Crippen molar-refractivity contribution in [2.45, 2.75) is 13.0 Å². The third kappa shape index (κ3) is 5.36. The van der Waals surface area contributed by atoms with Crippen LogP contribution in [-0.2, 0) is 0 Å². The van der Waals surface area contributed by atoms with Crippen LogP contribution in [-0.4, -0.2) is 62.3 Å². The molecule has 0 amide bonds. The van der Waals surface area contributed by atoms with Gasteiger partial charge >= 0.3 is 0 Å². The number of hydrogen-bond acceptors (Lipinski definition) is 6. The summed E-state index contributed by atoms with van der Waals surface area (Å²) in [5.74, 6) is 1.70. The first kappa shape index (κ1) is 21.3. The van der Waals surface area contributed by atoms with Gasteiger partial charge in [-0.3, -0.25) is 0 Å². The number of hydrogen-bond donors (Lipinski definition) is 4. The summed E-state index contributed by atoms with van der Waals surface area (Å²) in [4.78, 5) is 0. The molecule has 3 aromatic rings. The van der Waals surface area contributed by atoms with Gasteiger partial charge in [0.25, 0.3) is 0 Å². The topological polar surface area (TPSA) is 83.0 Å². The molecule has 0 heterocycles. The van der Waals surface area contributed by atoms with Gasteiger partial charge in [0.15, 0.2) is 0 Å². The molecule has 0 fully saturated rings. The lowest BCUT2D eigenvalue weighted by Gasteiger charge is -2.21. The Balaban J connectivity index is 1.95. The molecule has 6 heteroatoms. The number of ether oxygens (including phenoxy) is 2. The van der Waals surface area contributed by atoms with E-state index in [1.165, 1.54) is 0 Å². The fourth-order valence-corrected chi connectivity index (χ4v) is 3.39. The SMILES string of the molecule is CC(CNCCO)Oc1c2ccccc2c(OCCNCCO)c2ccccc12. The van der Waals surface area contributed by atoms with Gasteiger partial charge in [-0.15, -0.1) is 0 Å². The average Bonchev–Trinajstić information content (AvgIpc) is 2.75. The molecule has 1 unspecified atom stereocenters. The first-order valence-electron chi connectivity index (χ1n) is 10.1. The maximum Gasteiger partial charge on any atom is 0.135 e. The Hall–Kier alpha value is -2.38. The smallest absolute Gasteiger partial charge is 0.135 e. The Kier molecular flexibility index (Phi) is 8.07. The quantitative estimate of drug-likeness (QED) is 0.277. The van der Waals surface area contributed by atoms with Gasteiger partial charge in [0, 0.05) is 47.7 Å². The maximum atomic E-state index is 8.97. The van der Waals surface area contributed by atoms with Gasteiger partial charge in [-0.2, -0.15) is 0 Å². The molecule has 0 spiro atoms. The second kappa shape index (κ2) is 11.0. The first-order chi connectivity index (χ1) is 14.3. The van der Waals surface area contributed by atoms with Crippen molar-refractivity contribution in [1.82, 2.24) is 10.6 Å². The maximum absolute atomic E-state index is 8.97. The highest BCUT2D eigenvalue weighted by Gasteiger charge is 2.17. The number of nitrogens with one attached hydrogen (secondary N) is 2. The fraction of sp³-hybridized carbons (Fsp3) is 0.391. The third-order valence-electron chi connectivity index (χ3n) is 4.69. The molecule has 0 radical (unpaired) electrons. The van der Waals surface area contributed by atoms with Gasteiger partial charge in [-0.05, 0) is 6.92 Å². The number of fused-ring (bicyclic) bond motifs is 2. The third-order valence-corrected chi connectivity index (χ3v) is 4.69. The minimum absolute atomic E-state index is 0.0530. The first-order valence-corrected chi connectivity index (χ1v) is 10.1. The number of rotatable bonds is 12. The van der Waals surface area contributed by atoms with E-state index in [9.17, 15) is 0 Å². The van der Waals surface area contributed by atoms with Crippen LogP contribution >= 0.6 is 0 Å². The second-order valence-corrected chi connectivity index (χ2v) is 6.93. The van der Waals surface area contributed by atoms with Crippen molar-refractivity contribution < 1.29 is 19.7 Å². The molecule has 6 nitrogen and oxygen atoms in total. The van der Waals surface area contributed by atoms with Gasteiger partial charge in [0.1, 0.15) is 24.2 Å². The Morgan fingerprint density at radius 1 is 0.759 bits per heavy atom. The van der Waals surface area contributed by atoms with Crippen molar-refractivity contribution in [1.29, 1.82) is 0 Å². The van der Waals surface area contributed by atoms with Gasteiger partial charge in [-0.25, -0.2) is 0 Å². The summed E-state index contributed by atoms with van der Waals surface area (Å²) in [6.07, 6.45) is -0.0530. The summed E-state index contributed by atoms with van der Waals surface area (Å²) < 4.78 is 12.5. The zero-order chi connectivity index (χ0) is 20.5. The van der Waals surface area contributed by atoms with Crippen LogP contribution in [0.2, 0.25) is 0 Å². The lowest BCUT2D eigenvalue weighted by Crippen LogP contribution is -2.30. The Morgan fingerprint density at radius 2 is 1.28 bits per heavy atom. The molecule has 0 aromatic heterocycles. The molecule has 29 heavy (non-hydrogen) atoms. The molecule has 0 aliphatic carbocycles. The zero-order valence-electron chi connectivity index (χ0n) is 16.9. The van der Waals surface area contributed by atoms with Crippen molar-refractivity contribution in [3.05, 3.63) is 48.5 Å². The molecule has 156 valence electrons. The minimum Gasteiger partial charge on any atom is -0.491 e. The Bertz CT molecular complexity index is 859.